The summed E-state index contributed by atoms with van der Waals surface area (Å²) in [4.78, 5) is 22.1. The molecule has 2 rings (SSSR count). The largest absolute Gasteiger partial charge is 0.508 e. The van der Waals surface area contributed by atoms with Crippen LogP contribution in [0.5, 0.6) is 11.5 Å². The van der Waals surface area contributed by atoms with Crippen LogP contribution in [0.15, 0.2) is 28.4 Å². The first-order chi connectivity index (χ1) is 10.4. The zero-order valence-corrected chi connectivity index (χ0v) is 12.3. The SMILES string of the molecule is C/C(=N\N=C1\NC(=O)[C@@H](CC(=O)O)S1)c1ccc(O)cc1O. The molecule has 0 aliphatic carbocycles. The van der Waals surface area contributed by atoms with Crippen LogP contribution in [-0.2, 0) is 9.59 Å². The van der Waals surface area contributed by atoms with Crippen LogP contribution in [0.1, 0.15) is 18.9 Å². The van der Waals surface area contributed by atoms with Crippen LogP contribution in [0.3, 0.4) is 0 Å². The molecular formula is C13H13N3O5S. The zero-order chi connectivity index (χ0) is 16.3. The second-order valence-electron chi connectivity index (χ2n) is 4.49. The van der Waals surface area contributed by atoms with Crippen molar-refractivity contribution in [2.24, 2.45) is 10.2 Å². The number of amidine groups is 1. The molecule has 1 heterocycles. The molecule has 1 saturated heterocycles. The van der Waals surface area contributed by atoms with E-state index < -0.39 is 17.1 Å². The van der Waals surface area contributed by atoms with Gasteiger partial charge in [0.05, 0.1) is 12.1 Å². The average molecular weight is 323 g/mol. The fourth-order valence-electron chi connectivity index (χ4n) is 1.75. The van der Waals surface area contributed by atoms with Crippen LogP contribution in [0.2, 0.25) is 0 Å². The lowest BCUT2D eigenvalue weighted by atomic mass is 10.1. The predicted octanol–water partition coefficient (Wildman–Crippen LogP) is 0.884. The molecule has 1 fully saturated rings. The monoisotopic (exact) mass is 323 g/mol. The highest BCUT2D eigenvalue weighted by Crippen LogP contribution is 2.24. The van der Waals surface area contributed by atoms with Crippen molar-refractivity contribution in [1.82, 2.24) is 5.32 Å². The standard InChI is InChI=1S/C13H13N3O5S/c1-6(8-3-2-7(17)4-9(8)18)15-16-13-14-12(21)10(22-13)5-11(19)20/h2-4,10,17-18H,5H2,1H3,(H,19,20)(H,14,16,21)/b15-6+/t10-/m1/s1. The highest BCUT2D eigenvalue weighted by atomic mass is 32.2. The van der Waals surface area contributed by atoms with Crippen LogP contribution in [-0.4, -0.2) is 43.3 Å². The Morgan fingerprint density at radius 1 is 1.41 bits per heavy atom. The zero-order valence-electron chi connectivity index (χ0n) is 11.5. The number of amides is 1. The molecule has 1 aliphatic heterocycles. The molecule has 1 aromatic rings. The van der Waals surface area contributed by atoms with E-state index >= 15 is 0 Å². The van der Waals surface area contributed by atoms with Crippen molar-refractivity contribution in [3.05, 3.63) is 23.8 Å². The van der Waals surface area contributed by atoms with E-state index in [1.807, 2.05) is 0 Å². The van der Waals surface area contributed by atoms with Gasteiger partial charge in [0.25, 0.3) is 0 Å². The molecule has 1 atom stereocenters. The Kier molecular flexibility index (Phi) is 4.66. The minimum atomic E-state index is -1.07. The van der Waals surface area contributed by atoms with E-state index in [-0.39, 0.29) is 23.1 Å². The Morgan fingerprint density at radius 2 is 2.14 bits per heavy atom. The molecule has 1 aliphatic rings. The maximum atomic E-state index is 11.5. The van der Waals surface area contributed by atoms with Gasteiger partial charge in [-0.1, -0.05) is 11.8 Å². The number of aromatic hydroxyl groups is 2. The molecule has 22 heavy (non-hydrogen) atoms. The van der Waals surface area contributed by atoms with E-state index in [2.05, 4.69) is 15.5 Å². The molecular weight excluding hydrogens is 310 g/mol. The molecule has 0 aromatic heterocycles. The molecule has 9 heteroatoms. The predicted molar refractivity (Wildman–Crippen MR) is 81.2 cm³/mol. The first-order valence-electron chi connectivity index (χ1n) is 6.20. The highest BCUT2D eigenvalue weighted by molar-refractivity contribution is 8.15. The molecule has 1 amide bonds. The molecule has 0 bridgehead atoms. The third-order valence-electron chi connectivity index (χ3n) is 2.80. The van der Waals surface area contributed by atoms with Crippen molar-refractivity contribution < 1.29 is 24.9 Å². The summed E-state index contributed by atoms with van der Waals surface area (Å²) in [6.45, 7) is 1.60. The third-order valence-corrected chi connectivity index (χ3v) is 3.87. The molecule has 0 saturated carbocycles. The fraction of sp³-hybridized carbons (Fsp3) is 0.231. The normalized spacial score (nSPS) is 20.2. The average Bonchev–Trinajstić information content (AvgIpc) is 2.76. The van der Waals surface area contributed by atoms with E-state index in [1.165, 1.54) is 18.2 Å². The fourth-order valence-corrected chi connectivity index (χ4v) is 2.65. The summed E-state index contributed by atoms with van der Waals surface area (Å²) in [5.41, 5.74) is 0.764. The molecule has 1 aromatic carbocycles. The van der Waals surface area contributed by atoms with Gasteiger partial charge in [-0.05, 0) is 19.1 Å². The highest BCUT2D eigenvalue weighted by Gasteiger charge is 2.32. The van der Waals surface area contributed by atoms with Crippen molar-refractivity contribution in [2.45, 2.75) is 18.6 Å². The number of benzene rings is 1. The first kappa shape index (κ1) is 15.8. The van der Waals surface area contributed by atoms with Gasteiger partial charge in [-0.15, -0.1) is 5.10 Å². The summed E-state index contributed by atoms with van der Waals surface area (Å²) >= 11 is 0.990. The summed E-state index contributed by atoms with van der Waals surface area (Å²) in [7, 11) is 0. The third kappa shape index (κ3) is 3.76. The smallest absolute Gasteiger partial charge is 0.305 e. The number of nitrogens with zero attached hydrogens (tertiary/aromatic N) is 2. The van der Waals surface area contributed by atoms with E-state index in [4.69, 9.17) is 5.11 Å². The van der Waals surface area contributed by atoms with Gasteiger partial charge in [-0.25, -0.2) is 0 Å². The Morgan fingerprint density at radius 3 is 2.77 bits per heavy atom. The number of hydrogen-bond donors (Lipinski definition) is 4. The molecule has 0 radical (unpaired) electrons. The van der Waals surface area contributed by atoms with Crippen molar-refractivity contribution in [1.29, 1.82) is 0 Å². The summed E-state index contributed by atoms with van der Waals surface area (Å²) in [5, 5.41) is 37.3. The van der Waals surface area contributed by atoms with Crippen LogP contribution in [0, 0.1) is 0 Å². The van der Waals surface area contributed by atoms with E-state index in [0.717, 1.165) is 11.8 Å². The van der Waals surface area contributed by atoms with Gasteiger partial charge in [-0.2, -0.15) is 5.10 Å². The lowest BCUT2D eigenvalue weighted by Gasteiger charge is -2.03. The van der Waals surface area contributed by atoms with Crippen LogP contribution in [0.4, 0.5) is 0 Å². The maximum absolute atomic E-state index is 11.5. The number of carbonyl (C=O) groups is 2. The van der Waals surface area contributed by atoms with E-state index in [9.17, 15) is 19.8 Å². The minimum absolute atomic E-state index is 0.0736. The second kappa shape index (κ2) is 6.48. The Balaban J connectivity index is 2.13. The molecule has 4 N–H and O–H groups in total. The number of carbonyl (C=O) groups excluding carboxylic acids is 1. The van der Waals surface area contributed by atoms with E-state index in [1.54, 1.807) is 6.92 Å². The van der Waals surface area contributed by atoms with Gasteiger partial charge >= 0.3 is 5.97 Å². The first-order valence-corrected chi connectivity index (χ1v) is 7.08. The molecule has 0 spiro atoms. The van der Waals surface area contributed by atoms with Crippen molar-refractivity contribution in [3.63, 3.8) is 0 Å². The summed E-state index contributed by atoms with van der Waals surface area (Å²) in [6.07, 6.45) is -0.295. The lowest BCUT2D eigenvalue weighted by Crippen LogP contribution is -2.26. The Labute approximate surface area is 129 Å². The second-order valence-corrected chi connectivity index (χ2v) is 5.68. The number of thioether (sulfide) groups is 1. The molecule has 116 valence electrons. The number of hydrogen-bond acceptors (Lipinski definition) is 7. The van der Waals surface area contributed by atoms with E-state index in [0.29, 0.717) is 11.3 Å². The maximum Gasteiger partial charge on any atom is 0.305 e. The number of phenolic OH excluding ortho intramolecular Hbond substituents is 2. The van der Waals surface area contributed by atoms with Gasteiger partial charge in [0.1, 0.15) is 16.7 Å². The van der Waals surface area contributed by atoms with Crippen molar-refractivity contribution in [3.8, 4) is 11.5 Å². The number of aliphatic carboxylic acids is 1. The Bertz CT molecular complexity index is 686. The number of rotatable bonds is 4. The van der Waals surface area contributed by atoms with Gasteiger partial charge in [-0.3, -0.25) is 9.59 Å². The molecule has 8 nitrogen and oxygen atoms in total. The number of nitrogens with one attached hydrogen (secondary N) is 1. The topological polar surface area (TPSA) is 132 Å². The minimum Gasteiger partial charge on any atom is -0.508 e. The van der Waals surface area contributed by atoms with Crippen LogP contribution in [0.25, 0.3) is 0 Å². The number of phenols is 2. The van der Waals surface area contributed by atoms with Crippen LogP contribution >= 0.6 is 11.8 Å². The van der Waals surface area contributed by atoms with Crippen molar-refractivity contribution >= 4 is 34.5 Å². The summed E-state index contributed by atoms with van der Waals surface area (Å²) in [6, 6.07) is 4.06. The van der Waals surface area contributed by atoms with Crippen molar-refractivity contribution in [2.75, 3.05) is 0 Å². The molecule has 0 unspecified atom stereocenters. The number of carboxylic acid groups (broad SMARTS) is 1. The number of carboxylic acids is 1. The van der Waals surface area contributed by atoms with Gasteiger partial charge in [0, 0.05) is 11.6 Å². The Hall–Kier alpha value is -2.55. The quantitative estimate of drug-likeness (QED) is 0.480. The lowest BCUT2D eigenvalue weighted by molar-refractivity contribution is -0.138. The summed E-state index contributed by atoms with van der Waals surface area (Å²) in [5.74, 6) is -1.71. The summed E-state index contributed by atoms with van der Waals surface area (Å²) < 4.78 is 0. The van der Waals surface area contributed by atoms with Crippen LogP contribution < -0.4 is 5.32 Å². The van der Waals surface area contributed by atoms with Gasteiger partial charge in [0.15, 0.2) is 5.17 Å². The van der Waals surface area contributed by atoms with Gasteiger partial charge in [0.2, 0.25) is 5.91 Å². The van der Waals surface area contributed by atoms with Gasteiger partial charge < -0.3 is 20.6 Å².